The minimum atomic E-state index is -0.867. The maximum atomic E-state index is 10.7. The summed E-state index contributed by atoms with van der Waals surface area (Å²) in [5, 5.41) is 22.0. The number of thioether (sulfide) groups is 1. The van der Waals surface area contributed by atoms with Gasteiger partial charge in [0.1, 0.15) is 5.69 Å². The standard InChI is InChI=1S/C12H17N5O2S/c1-8(2)6-17-11(9-4-5-16(3)15-9)13-14-12(17)20-7-10(18)19/h4-5,8H,6-7H2,1-3H3,(H,18,19). The van der Waals surface area contributed by atoms with E-state index >= 15 is 0 Å². The monoisotopic (exact) mass is 295 g/mol. The number of carboxylic acid groups (broad SMARTS) is 1. The highest BCUT2D eigenvalue weighted by molar-refractivity contribution is 7.99. The van der Waals surface area contributed by atoms with Crippen molar-refractivity contribution < 1.29 is 9.90 Å². The molecule has 0 bridgehead atoms. The van der Waals surface area contributed by atoms with Crippen molar-refractivity contribution in [2.75, 3.05) is 5.75 Å². The van der Waals surface area contributed by atoms with E-state index in [1.807, 2.05) is 23.9 Å². The summed E-state index contributed by atoms with van der Waals surface area (Å²) in [6.07, 6.45) is 1.84. The average molecular weight is 295 g/mol. The lowest BCUT2D eigenvalue weighted by atomic mass is 10.2. The third-order valence-corrected chi connectivity index (χ3v) is 3.48. The Bertz CT molecular complexity index is 605. The minimum Gasteiger partial charge on any atom is -0.481 e. The zero-order valence-corrected chi connectivity index (χ0v) is 12.5. The van der Waals surface area contributed by atoms with E-state index in [-0.39, 0.29) is 5.75 Å². The molecule has 2 aromatic heterocycles. The number of aromatic nitrogens is 5. The molecule has 2 aromatic rings. The fourth-order valence-electron chi connectivity index (χ4n) is 1.78. The third kappa shape index (κ3) is 3.38. The Labute approximate surface area is 121 Å². The van der Waals surface area contributed by atoms with Crippen LogP contribution < -0.4 is 0 Å². The summed E-state index contributed by atoms with van der Waals surface area (Å²) in [7, 11) is 1.84. The first kappa shape index (κ1) is 14.6. The van der Waals surface area contributed by atoms with Crippen molar-refractivity contribution in [1.82, 2.24) is 24.5 Å². The fourth-order valence-corrected chi connectivity index (χ4v) is 2.44. The summed E-state index contributed by atoms with van der Waals surface area (Å²) < 4.78 is 3.63. The summed E-state index contributed by atoms with van der Waals surface area (Å²) in [5.41, 5.74) is 0.739. The Kier molecular flexibility index (Phi) is 4.43. The molecule has 7 nitrogen and oxygen atoms in total. The molecule has 0 amide bonds. The largest absolute Gasteiger partial charge is 0.481 e. The Balaban J connectivity index is 2.33. The highest BCUT2D eigenvalue weighted by Crippen LogP contribution is 2.23. The number of rotatable bonds is 6. The van der Waals surface area contributed by atoms with E-state index in [0.29, 0.717) is 16.9 Å². The average Bonchev–Trinajstić information content (AvgIpc) is 2.93. The molecule has 8 heteroatoms. The summed E-state index contributed by atoms with van der Waals surface area (Å²) in [4.78, 5) is 10.7. The van der Waals surface area contributed by atoms with Gasteiger partial charge in [0.2, 0.25) is 0 Å². The smallest absolute Gasteiger partial charge is 0.313 e. The Morgan fingerprint density at radius 3 is 2.75 bits per heavy atom. The van der Waals surface area contributed by atoms with Crippen LogP contribution in [0.1, 0.15) is 13.8 Å². The quantitative estimate of drug-likeness (QED) is 0.813. The van der Waals surface area contributed by atoms with Crippen molar-refractivity contribution in [1.29, 1.82) is 0 Å². The second kappa shape index (κ2) is 6.08. The molecule has 2 heterocycles. The Hall–Kier alpha value is -1.83. The van der Waals surface area contributed by atoms with Gasteiger partial charge in [-0.1, -0.05) is 25.6 Å². The molecule has 20 heavy (non-hydrogen) atoms. The molecule has 0 aliphatic rings. The van der Waals surface area contributed by atoms with Gasteiger partial charge < -0.3 is 9.67 Å². The Morgan fingerprint density at radius 1 is 1.45 bits per heavy atom. The maximum Gasteiger partial charge on any atom is 0.313 e. The lowest BCUT2D eigenvalue weighted by molar-refractivity contribution is -0.133. The number of hydrogen-bond donors (Lipinski definition) is 1. The molecular weight excluding hydrogens is 278 g/mol. The van der Waals surface area contributed by atoms with Gasteiger partial charge in [-0.05, 0) is 12.0 Å². The van der Waals surface area contributed by atoms with Crippen molar-refractivity contribution in [2.24, 2.45) is 13.0 Å². The van der Waals surface area contributed by atoms with Crippen molar-refractivity contribution >= 4 is 17.7 Å². The highest BCUT2D eigenvalue weighted by Gasteiger charge is 2.17. The predicted molar refractivity (Wildman–Crippen MR) is 75.4 cm³/mol. The second-order valence-electron chi connectivity index (χ2n) is 4.87. The molecule has 0 saturated carbocycles. The van der Waals surface area contributed by atoms with E-state index in [4.69, 9.17) is 5.11 Å². The highest BCUT2D eigenvalue weighted by atomic mass is 32.2. The molecule has 108 valence electrons. The van der Waals surface area contributed by atoms with Crippen LogP contribution in [0.15, 0.2) is 17.4 Å². The van der Waals surface area contributed by atoms with Crippen LogP contribution in [-0.2, 0) is 18.4 Å². The first-order valence-corrected chi connectivity index (χ1v) is 7.23. The van der Waals surface area contributed by atoms with Gasteiger partial charge in [-0.2, -0.15) is 5.10 Å². The van der Waals surface area contributed by atoms with Gasteiger partial charge in [-0.15, -0.1) is 10.2 Å². The predicted octanol–water partition coefficient (Wildman–Crippen LogP) is 1.51. The lowest BCUT2D eigenvalue weighted by Gasteiger charge is -2.10. The zero-order chi connectivity index (χ0) is 14.7. The van der Waals surface area contributed by atoms with Gasteiger partial charge in [-0.25, -0.2) is 0 Å². The normalized spacial score (nSPS) is 11.2. The van der Waals surface area contributed by atoms with Crippen LogP contribution in [0.5, 0.6) is 0 Å². The molecule has 0 aliphatic carbocycles. The minimum absolute atomic E-state index is 0.0293. The molecule has 0 atom stereocenters. The van der Waals surface area contributed by atoms with Crippen LogP contribution in [0.4, 0.5) is 0 Å². The maximum absolute atomic E-state index is 10.7. The van der Waals surface area contributed by atoms with Crippen molar-refractivity contribution in [2.45, 2.75) is 25.5 Å². The van der Waals surface area contributed by atoms with E-state index in [9.17, 15) is 4.79 Å². The van der Waals surface area contributed by atoms with Crippen molar-refractivity contribution in [3.05, 3.63) is 12.3 Å². The van der Waals surface area contributed by atoms with Crippen LogP contribution in [-0.4, -0.2) is 41.4 Å². The van der Waals surface area contributed by atoms with Crippen molar-refractivity contribution in [3.63, 3.8) is 0 Å². The van der Waals surface area contributed by atoms with Crippen LogP contribution in [0, 0.1) is 5.92 Å². The number of aliphatic carboxylic acids is 1. The van der Waals surface area contributed by atoms with E-state index in [0.717, 1.165) is 12.2 Å². The molecule has 0 radical (unpaired) electrons. The van der Waals surface area contributed by atoms with Gasteiger partial charge in [0.15, 0.2) is 11.0 Å². The zero-order valence-electron chi connectivity index (χ0n) is 11.6. The Morgan fingerprint density at radius 2 is 2.20 bits per heavy atom. The lowest BCUT2D eigenvalue weighted by Crippen LogP contribution is -2.09. The van der Waals surface area contributed by atoms with E-state index in [1.54, 1.807) is 4.68 Å². The van der Waals surface area contributed by atoms with Gasteiger partial charge in [0.05, 0.1) is 5.75 Å². The number of hydrogen-bond acceptors (Lipinski definition) is 5. The number of carbonyl (C=O) groups is 1. The number of aryl methyl sites for hydroxylation is 1. The van der Waals surface area contributed by atoms with E-state index in [2.05, 4.69) is 29.1 Å². The molecular formula is C12H17N5O2S. The molecule has 0 spiro atoms. The first-order valence-electron chi connectivity index (χ1n) is 6.25. The molecule has 2 rings (SSSR count). The van der Waals surface area contributed by atoms with Gasteiger partial charge in [-0.3, -0.25) is 9.48 Å². The third-order valence-electron chi connectivity index (χ3n) is 2.53. The van der Waals surface area contributed by atoms with E-state index < -0.39 is 5.97 Å². The molecule has 0 aliphatic heterocycles. The topological polar surface area (TPSA) is 85.8 Å². The molecule has 0 fully saturated rings. The summed E-state index contributed by atoms with van der Waals surface area (Å²) >= 11 is 1.17. The van der Waals surface area contributed by atoms with Crippen molar-refractivity contribution in [3.8, 4) is 11.5 Å². The van der Waals surface area contributed by atoms with E-state index in [1.165, 1.54) is 11.8 Å². The van der Waals surface area contributed by atoms with Crippen LogP contribution >= 0.6 is 11.8 Å². The van der Waals surface area contributed by atoms with Crippen LogP contribution in [0.25, 0.3) is 11.5 Å². The first-order chi connectivity index (χ1) is 9.47. The number of nitrogens with zero attached hydrogens (tertiary/aromatic N) is 5. The van der Waals surface area contributed by atoms with Gasteiger partial charge >= 0.3 is 5.97 Å². The second-order valence-corrected chi connectivity index (χ2v) is 5.81. The number of carboxylic acids is 1. The van der Waals surface area contributed by atoms with Crippen LogP contribution in [0.2, 0.25) is 0 Å². The molecule has 0 saturated heterocycles. The van der Waals surface area contributed by atoms with Gasteiger partial charge in [0.25, 0.3) is 0 Å². The summed E-state index contributed by atoms with van der Waals surface area (Å²) in [6.45, 7) is 4.91. The fraction of sp³-hybridized carbons (Fsp3) is 0.500. The van der Waals surface area contributed by atoms with Crippen LogP contribution in [0.3, 0.4) is 0 Å². The molecule has 0 aromatic carbocycles. The summed E-state index contributed by atoms with van der Waals surface area (Å²) in [5.74, 6) is 0.177. The van der Waals surface area contributed by atoms with Gasteiger partial charge in [0, 0.05) is 19.8 Å². The molecule has 1 N–H and O–H groups in total. The SMILES string of the molecule is CC(C)Cn1c(SCC(=O)O)nnc1-c1ccn(C)n1. The molecule has 0 unspecified atom stereocenters. The summed E-state index contributed by atoms with van der Waals surface area (Å²) in [6, 6.07) is 1.87.